The normalized spacial score (nSPS) is 32.4. The molecule has 132 valence electrons. The summed E-state index contributed by atoms with van der Waals surface area (Å²) in [5.41, 5.74) is 1.21. The molecule has 2 unspecified atom stereocenters. The van der Waals surface area contributed by atoms with Crippen LogP contribution in [0.2, 0.25) is 0 Å². The number of likely N-dealkylation sites (tertiary alicyclic amines) is 1. The van der Waals surface area contributed by atoms with Gasteiger partial charge in [-0.1, -0.05) is 0 Å². The molecule has 5 heteroatoms. The summed E-state index contributed by atoms with van der Waals surface area (Å²) in [6.07, 6.45) is 7.61. The second-order valence-electron chi connectivity index (χ2n) is 7.69. The van der Waals surface area contributed by atoms with Gasteiger partial charge in [-0.05, 0) is 56.0 Å². The SMILES string of the molecule is c1cc(CN2CCOCC3(CC(CN4CCCC4)CO3)C2)ccn1. The molecule has 1 aromatic rings. The van der Waals surface area contributed by atoms with Gasteiger partial charge in [0.1, 0.15) is 5.60 Å². The van der Waals surface area contributed by atoms with Crippen molar-refractivity contribution in [2.75, 3.05) is 52.5 Å². The third kappa shape index (κ3) is 3.97. The molecule has 4 rings (SSSR count). The summed E-state index contributed by atoms with van der Waals surface area (Å²) < 4.78 is 12.3. The highest BCUT2D eigenvalue weighted by Gasteiger charge is 2.43. The van der Waals surface area contributed by atoms with Crippen molar-refractivity contribution in [1.82, 2.24) is 14.8 Å². The third-order valence-corrected chi connectivity index (χ3v) is 5.59. The van der Waals surface area contributed by atoms with E-state index < -0.39 is 0 Å². The monoisotopic (exact) mass is 331 g/mol. The van der Waals surface area contributed by atoms with Crippen molar-refractivity contribution in [3.05, 3.63) is 30.1 Å². The van der Waals surface area contributed by atoms with E-state index in [-0.39, 0.29) is 5.60 Å². The van der Waals surface area contributed by atoms with E-state index in [4.69, 9.17) is 9.47 Å². The molecular formula is C19H29N3O2. The first-order chi connectivity index (χ1) is 11.8. The molecule has 0 aromatic carbocycles. The van der Waals surface area contributed by atoms with Crippen LogP contribution in [0.5, 0.6) is 0 Å². The fourth-order valence-corrected chi connectivity index (χ4v) is 4.46. The molecule has 3 saturated heterocycles. The zero-order chi connectivity index (χ0) is 16.2. The molecule has 5 nitrogen and oxygen atoms in total. The van der Waals surface area contributed by atoms with Crippen LogP contribution in [-0.2, 0) is 16.0 Å². The van der Waals surface area contributed by atoms with E-state index in [9.17, 15) is 0 Å². The number of aromatic nitrogens is 1. The van der Waals surface area contributed by atoms with Crippen molar-refractivity contribution in [2.45, 2.75) is 31.4 Å². The smallest absolute Gasteiger partial charge is 0.104 e. The van der Waals surface area contributed by atoms with E-state index in [1.807, 2.05) is 12.4 Å². The van der Waals surface area contributed by atoms with Crippen LogP contribution >= 0.6 is 0 Å². The fourth-order valence-electron chi connectivity index (χ4n) is 4.46. The van der Waals surface area contributed by atoms with Gasteiger partial charge in [0.05, 0.1) is 19.8 Å². The molecule has 24 heavy (non-hydrogen) atoms. The summed E-state index contributed by atoms with van der Waals surface area (Å²) in [6, 6.07) is 4.20. The molecule has 3 aliphatic heterocycles. The van der Waals surface area contributed by atoms with Gasteiger partial charge in [0.25, 0.3) is 0 Å². The van der Waals surface area contributed by atoms with Gasteiger partial charge in [-0.25, -0.2) is 0 Å². The number of rotatable bonds is 4. The Labute approximate surface area is 144 Å². The Balaban J connectivity index is 1.37. The average Bonchev–Trinajstić information content (AvgIpc) is 3.19. The van der Waals surface area contributed by atoms with Crippen LogP contribution in [0.3, 0.4) is 0 Å². The van der Waals surface area contributed by atoms with E-state index in [0.717, 1.165) is 45.9 Å². The van der Waals surface area contributed by atoms with Crippen LogP contribution in [0, 0.1) is 5.92 Å². The number of nitrogens with zero attached hydrogens (tertiary/aromatic N) is 3. The summed E-state index contributed by atoms with van der Waals surface area (Å²) in [6.45, 7) is 9.09. The number of ether oxygens (including phenoxy) is 2. The van der Waals surface area contributed by atoms with Crippen LogP contribution in [-0.4, -0.2) is 72.9 Å². The lowest BCUT2D eigenvalue weighted by Crippen LogP contribution is -2.44. The lowest BCUT2D eigenvalue weighted by molar-refractivity contribution is -0.0563. The third-order valence-electron chi connectivity index (χ3n) is 5.59. The zero-order valence-electron chi connectivity index (χ0n) is 14.5. The Morgan fingerprint density at radius 1 is 1.12 bits per heavy atom. The topological polar surface area (TPSA) is 37.8 Å². The zero-order valence-corrected chi connectivity index (χ0v) is 14.5. The first-order valence-electron chi connectivity index (χ1n) is 9.37. The molecule has 2 atom stereocenters. The van der Waals surface area contributed by atoms with Gasteiger partial charge < -0.3 is 14.4 Å². The number of hydrogen-bond acceptors (Lipinski definition) is 5. The van der Waals surface area contributed by atoms with Crippen molar-refractivity contribution in [1.29, 1.82) is 0 Å². The summed E-state index contributed by atoms with van der Waals surface area (Å²) in [4.78, 5) is 9.21. The predicted octanol–water partition coefficient (Wildman–Crippen LogP) is 1.78. The molecule has 3 aliphatic rings. The lowest BCUT2D eigenvalue weighted by Gasteiger charge is -2.31. The summed E-state index contributed by atoms with van der Waals surface area (Å²) in [7, 11) is 0. The minimum atomic E-state index is -0.103. The van der Waals surface area contributed by atoms with Gasteiger partial charge in [-0.2, -0.15) is 0 Å². The molecule has 0 bridgehead atoms. The predicted molar refractivity (Wildman–Crippen MR) is 92.8 cm³/mol. The van der Waals surface area contributed by atoms with E-state index in [1.54, 1.807) is 0 Å². The number of hydrogen-bond donors (Lipinski definition) is 0. The van der Waals surface area contributed by atoms with Gasteiger partial charge in [0, 0.05) is 38.6 Å². The van der Waals surface area contributed by atoms with Crippen molar-refractivity contribution in [3.8, 4) is 0 Å². The molecule has 3 fully saturated rings. The maximum Gasteiger partial charge on any atom is 0.104 e. The van der Waals surface area contributed by atoms with Crippen LogP contribution in [0.4, 0.5) is 0 Å². The average molecular weight is 331 g/mol. The summed E-state index contributed by atoms with van der Waals surface area (Å²) in [5, 5.41) is 0. The van der Waals surface area contributed by atoms with Crippen LogP contribution in [0.25, 0.3) is 0 Å². The van der Waals surface area contributed by atoms with E-state index in [1.165, 1.54) is 38.0 Å². The highest BCUT2D eigenvalue weighted by molar-refractivity contribution is 5.10. The highest BCUT2D eigenvalue weighted by Crippen LogP contribution is 2.34. The Kier molecular flexibility index (Phi) is 5.13. The maximum atomic E-state index is 6.35. The van der Waals surface area contributed by atoms with Gasteiger partial charge >= 0.3 is 0 Å². The lowest BCUT2D eigenvalue weighted by atomic mass is 9.93. The van der Waals surface area contributed by atoms with Gasteiger partial charge in [-0.3, -0.25) is 9.88 Å². The van der Waals surface area contributed by atoms with Crippen molar-refractivity contribution >= 4 is 0 Å². The van der Waals surface area contributed by atoms with Crippen molar-refractivity contribution in [3.63, 3.8) is 0 Å². The Morgan fingerprint density at radius 2 is 1.96 bits per heavy atom. The molecule has 0 N–H and O–H groups in total. The van der Waals surface area contributed by atoms with Crippen molar-refractivity contribution < 1.29 is 9.47 Å². The first-order valence-corrected chi connectivity index (χ1v) is 9.37. The molecule has 0 saturated carbocycles. The van der Waals surface area contributed by atoms with Gasteiger partial charge in [0.2, 0.25) is 0 Å². The second-order valence-corrected chi connectivity index (χ2v) is 7.69. The van der Waals surface area contributed by atoms with Crippen LogP contribution < -0.4 is 0 Å². The van der Waals surface area contributed by atoms with Gasteiger partial charge in [-0.15, -0.1) is 0 Å². The molecule has 0 amide bonds. The van der Waals surface area contributed by atoms with E-state index in [2.05, 4.69) is 26.9 Å². The summed E-state index contributed by atoms with van der Waals surface area (Å²) >= 11 is 0. The largest absolute Gasteiger partial charge is 0.377 e. The maximum absolute atomic E-state index is 6.35. The quantitative estimate of drug-likeness (QED) is 0.841. The van der Waals surface area contributed by atoms with Crippen molar-refractivity contribution in [2.24, 2.45) is 5.92 Å². The van der Waals surface area contributed by atoms with Gasteiger partial charge in [0.15, 0.2) is 0 Å². The van der Waals surface area contributed by atoms with Crippen LogP contribution in [0.1, 0.15) is 24.8 Å². The molecule has 1 spiro atoms. The Bertz CT molecular complexity index is 521. The molecule has 0 aliphatic carbocycles. The fraction of sp³-hybridized carbons (Fsp3) is 0.737. The molecule has 0 radical (unpaired) electrons. The summed E-state index contributed by atoms with van der Waals surface area (Å²) in [5.74, 6) is 0.660. The van der Waals surface area contributed by atoms with E-state index in [0.29, 0.717) is 5.92 Å². The second kappa shape index (κ2) is 7.48. The minimum Gasteiger partial charge on any atom is -0.377 e. The first kappa shape index (κ1) is 16.5. The number of pyridine rings is 1. The molecule has 4 heterocycles. The Morgan fingerprint density at radius 3 is 2.79 bits per heavy atom. The minimum absolute atomic E-state index is 0.103. The molecular weight excluding hydrogens is 302 g/mol. The molecule has 1 aromatic heterocycles. The highest BCUT2D eigenvalue weighted by atomic mass is 16.5. The Hall–Kier alpha value is -1.01. The van der Waals surface area contributed by atoms with Crippen LogP contribution in [0.15, 0.2) is 24.5 Å². The standard InChI is InChI=1S/C19H29N3O2/c1-2-8-21(7-1)13-18-11-19(24-14-18)15-22(9-10-23-16-19)12-17-3-5-20-6-4-17/h3-6,18H,1-2,7-16H2. The van der Waals surface area contributed by atoms with E-state index >= 15 is 0 Å².